The molecule has 0 saturated carbocycles. The van der Waals surface area contributed by atoms with Gasteiger partial charge in [0.25, 0.3) is 0 Å². The van der Waals surface area contributed by atoms with Crippen LogP contribution in [-0.2, 0) is 0 Å². The van der Waals surface area contributed by atoms with Gasteiger partial charge in [-0.25, -0.2) is 0 Å². The molecule has 0 rings (SSSR count). The van der Waals surface area contributed by atoms with Gasteiger partial charge in [0, 0.05) is 0 Å². The van der Waals surface area contributed by atoms with Crippen LogP contribution >= 0.6 is 0 Å². The monoisotopic (exact) mass is 180 g/mol. The Hall–Kier alpha value is -0.520. The molecule has 0 heterocycles. The van der Waals surface area contributed by atoms with Crippen LogP contribution in [-0.4, -0.2) is 0 Å². The summed E-state index contributed by atoms with van der Waals surface area (Å²) in [6, 6.07) is 0. The molecule has 0 aliphatic carbocycles. The molecule has 0 aliphatic rings. The molecule has 1 atom stereocenters. The highest BCUT2D eigenvalue weighted by Gasteiger charge is 2.04. The lowest BCUT2D eigenvalue weighted by atomic mass is 9.93. The van der Waals surface area contributed by atoms with Gasteiger partial charge < -0.3 is 0 Å². The van der Waals surface area contributed by atoms with Crippen LogP contribution in [0, 0.1) is 5.92 Å². The summed E-state index contributed by atoms with van der Waals surface area (Å²) in [5.41, 5.74) is 1.46. The zero-order valence-electron chi connectivity index (χ0n) is 9.47. The minimum Gasteiger partial charge on any atom is -0.0991 e. The van der Waals surface area contributed by atoms with E-state index in [9.17, 15) is 0 Å². The molecule has 0 fully saturated rings. The lowest BCUT2D eigenvalue weighted by Gasteiger charge is -2.13. The van der Waals surface area contributed by atoms with Crippen LogP contribution in [0.5, 0.6) is 0 Å². The summed E-state index contributed by atoms with van der Waals surface area (Å²) < 4.78 is 0. The first-order valence-corrected chi connectivity index (χ1v) is 5.52. The van der Waals surface area contributed by atoms with Crippen LogP contribution in [0.25, 0.3) is 0 Å². The predicted molar refractivity (Wildman–Crippen MR) is 61.9 cm³/mol. The lowest BCUT2D eigenvalue weighted by molar-refractivity contribution is 0.432. The molecule has 0 aromatic carbocycles. The van der Waals surface area contributed by atoms with Crippen LogP contribution in [0.4, 0.5) is 0 Å². The van der Waals surface area contributed by atoms with E-state index in [0.717, 1.165) is 5.92 Å². The van der Waals surface area contributed by atoms with Crippen LogP contribution < -0.4 is 0 Å². The van der Waals surface area contributed by atoms with Crippen molar-refractivity contribution in [3.05, 3.63) is 24.3 Å². The van der Waals surface area contributed by atoms with Crippen LogP contribution in [0.1, 0.15) is 52.9 Å². The molecule has 0 spiro atoms. The van der Waals surface area contributed by atoms with Gasteiger partial charge in [0.1, 0.15) is 0 Å². The maximum Gasteiger partial charge on any atom is -0.0317 e. The highest BCUT2D eigenvalue weighted by molar-refractivity contribution is 5.07. The Morgan fingerprint density at radius 1 is 1.31 bits per heavy atom. The highest BCUT2D eigenvalue weighted by atomic mass is 14.1. The number of hydrogen-bond donors (Lipinski definition) is 0. The van der Waals surface area contributed by atoms with Gasteiger partial charge in [-0.05, 0) is 25.7 Å². The highest BCUT2D eigenvalue weighted by Crippen LogP contribution is 2.19. The van der Waals surface area contributed by atoms with Crippen molar-refractivity contribution >= 4 is 0 Å². The van der Waals surface area contributed by atoms with Crippen LogP contribution in [0.2, 0.25) is 0 Å². The predicted octanol–water partition coefficient (Wildman–Crippen LogP) is 4.73. The van der Waals surface area contributed by atoms with Gasteiger partial charge in [-0.15, -0.1) is 0 Å². The minimum absolute atomic E-state index is 0.929. The summed E-state index contributed by atoms with van der Waals surface area (Å²) >= 11 is 0. The SMILES string of the molecule is C=CC=C(C)CCC(CC)CCC. The second kappa shape index (κ2) is 8.10. The van der Waals surface area contributed by atoms with E-state index in [1.807, 2.05) is 6.08 Å². The fourth-order valence-electron chi connectivity index (χ4n) is 1.68. The summed E-state index contributed by atoms with van der Waals surface area (Å²) in [5.74, 6) is 0.929. The van der Waals surface area contributed by atoms with Crippen molar-refractivity contribution in [3.63, 3.8) is 0 Å². The fourth-order valence-corrected chi connectivity index (χ4v) is 1.68. The molecule has 0 nitrogen and oxygen atoms in total. The van der Waals surface area contributed by atoms with E-state index in [-0.39, 0.29) is 0 Å². The van der Waals surface area contributed by atoms with Gasteiger partial charge >= 0.3 is 0 Å². The molecule has 1 unspecified atom stereocenters. The zero-order chi connectivity index (χ0) is 10.1. The van der Waals surface area contributed by atoms with E-state index in [2.05, 4.69) is 33.4 Å². The average molecular weight is 180 g/mol. The number of rotatable bonds is 7. The summed E-state index contributed by atoms with van der Waals surface area (Å²) in [7, 11) is 0. The van der Waals surface area contributed by atoms with E-state index in [1.54, 1.807) is 0 Å². The van der Waals surface area contributed by atoms with E-state index < -0.39 is 0 Å². The van der Waals surface area contributed by atoms with Crippen molar-refractivity contribution in [1.82, 2.24) is 0 Å². The Kier molecular flexibility index (Phi) is 7.77. The maximum absolute atomic E-state index is 3.71. The molecule has 76 valence electrons. The topological polar surface area (TPSA) is 0 Å². The van der Waals surface area contributed by atoms with E-state index in [1.165, 1.54) is 37.7 Å². The maximum atomic E-state index is 3.71. The molecule has 13 heavy (non-hydrogen) atoms. The van der Waals surface area contributed by atoms with Crippen molar-refractivity contribution < 1.29 is 0 Å². The van der Waals surface area contributed by atoms with Crippen molar-refractivity contribution in [1.29, 1.82) is 0 Å². The van der Waals surface area contributed by atoms with Gasteiger partial charge in [0.2, 0.25) is 0 Å². The second-order valence-corrected chi connectivity index (χ2v) is 3.85. The molecule has 0 radical (unpaired) electrons. The number of hydrogen-bond acceptors (Lipinski definition) is 0. The van der Waals surface area contributed by atoms with Gasteiger partial charge in [-0.2, -0.15) is 0 Å². The van der Waals surface area contributed by atoms with Crippen LogP contribution in [0.3, 0.4) is 0 Å². The zero-order valence-corrected chi connectivity index (χ0v) is 9.47. The first kappa shape index (κ1) is 12.5. The van der Waals surface area contributed by atoms with E-state index in [0.29, 0.717) is 0 Å². The third kappa shape index (κ3) is 6.62. The Bertz CT molecular complexity index is 153. The van der Waals surface area contributed by atoms with E-state index in [4.69, 9.17) is 0 Å². The normalized spacial score (nSPS) is 14.2. The molecule has 0 N–H and O–H groups in total. The lowest BCUT2D eigenvalue weighted by Crippen LogP contribution is -1.98. The van der Waals surface area contributed by atoms with Gasteiger partial charge in [-0.1, -0.05) is 57.4 Å². The summed E-state index contributed by atoms with van der Waals surface area (Å²) in [6.07, 6.45) is 10.6. The van der Waals surface area contributed by atoms with Gasteiger partial charge in [-0.3, -0.25) is 0 Å². The van der Waals surface area contributed by atoms with Crippen molar-refractivity contribution in [2.75, 3.05) is 0 Å². The molecule has 0 aromatic heterocycles. The Balaban J connectivity index is 3.70. The van der Waals surface area contributed by atoms with Gasteiger partial charge in [0.05, 0.1) is 0 Å². The first-order valence-electron chi connectivity index (χ1n) is 5.52. The number of allylic oxidation sites excluding steroid dienone is 3. The average Bonchev–Trinajstić information content (AvgIpc) is 2.12. The minimum atomic E-state index is 0.929. The summed E-state index contributed by atoms with van der Waals surface area (Å²) in [4.78, 5) is 0. The third-order valence-electron chi connectivity index (χ3n) is 2.62. The Labute approximate surface area is 83.7 Å². The smallest absolute Gasteiger partial charge is 0.0317 e. The second-order valence-electron chi connectivity index (χ2n) is 3.85. The Morgan fingerprint density at radius 2 is 2.00 bits per heavy atom. The largest absolute Gasteiger partial charge is 0.0991 e. The van der Waals surface area contributed by atoms with E-state index >= 15 is 0 Å². The third-order valence-corrected chi connectivity index (χ3v) is 2.62. The van der Waals surface area contributed by atoms with Crippen LogP contribution in [0.15, 0.2) is 24.3 Å². The Morgan fingerprint density at radius 3 is 2.46 bits per heavy atom. The first-order chi connectivity index (χ1) is 6.24. The molecule has 0 heteroatoms. The molecular weight excluding hydrogens is 156 g/mol. The van der Waals surface area contributed by atoms with Crippen molar-refractivity contribution in [3.8, 4) is 0 Å². The van der Waals surface area contributed by atoms with Crippen molar-refractivity contribution in [2.24, 2.45) is 5.92 Å². The fraction of sp³-hybridized carbons (Fsp3) is 0.692. The summed E-state index contributed by atoms with van der Waals surface area (Å²) in [5, 5.41) is 0. The van der Waals surface area contributed by atoms with Crippen molar-refractivity contribution in [2.45, 2.75) is 52.9 Å². The summed E-state index contributed by atoms with van der Waals surface area (Å²) in [6.45, 7) is 10.5. The molecule has 0 amide bonds. The molecule has 0 saturated heterocycles. The molecular formula is C13H24. The molecule has 0 aromatic rings. The quantitative estimate of drug-likeness (QED) is 0.497. The van der Waals surface area contributed by atoms with Gasteiger partial charge in [0.15, 0.2) is 0 Å². The molecule has 0 bridgehead atoms. The standard InChI is InChI=1S/C13H24/c1-5-8-12(4)10-11-13(7-3)9-6-2/h5,8,13H,1,6-7,9-11H2,2-4H3. The molecule has 0 aliphatic heterocycles.